The standard InChI is InChI=1S/C18H18N2O4/c21-13-5-1-3-9-7-11-17(23)20-12(18(24)19(11)15(9)13)8-10-4-2-6-14(22)16(10)20/h1-6,11-16,21-22H,7-8H2/t11-,12-,13+,14+,15+,16+/m1/s1. The summed E-state index contributed by atoms with van der Waals surface area (Å²) in [6.45, 7) is 0. The minimum absolute atomic E-state index is 0.121. The van der Waals surface area contributed by atoms with Crippen LogP contribution < -0.4 is 0 Å². The number of hydrogen-bond acceptors (Lipinski definition) is 4. The molecule has 124 valence electrons. The monoisotopic (exact) mass is 326 g/mol. The number of hydrogen-bond donors (Lipinski definition) is 2. The Labute approximate surface area is 139 Å². The Morgan fingerprint density at radius 2 is 1.21 bits per heavy atom. The van der Waals surface area contributed by atoms with Gasteiger partial charge in [0.25, 0.3) is 0 Å². The lowest BCUT2D eigenvalue weighted by Gasteiger charge is -2.44. The van der Waals surface area contributed by atoms with Crippen molar-refractivity contribution in [3.8, 4) is 0 Å². The summed E-state index contributed by atoms with van der Waals surface area (Å²) in [6.07, 6.45) is 10.0. The second-order valence-electron chi connectivity index (χ2n) is 7.05. The molecule has 24 heavy (non-hydrogen) atoms. The van der Waals surface area contributed by atoms with Crippen molar-refractivity contribution in [2.45, 2.75) is 49.2 Å². The van der Waals surface area contributed by atoms with E-state index in [1.54, 1.807) is 34.1 Å². The Morgan fingerprint density at radius 3 is 1.62 bits per heavy atom. The van der Waals surface area contributed by atoms with Crippen LogP contribution in [0, 0.1) is 0 Å². The van der Waals surface area contributed by atoms with Crippen molar-refractivity contribution in [3.05, 3.63) is 47.6 Å². The molecule has 0 bridgehead atoms. The van der Waals surface area contributed by atoms with E-state index in [0.29, 0.717) is 12.8 Å². The van der Waals surface area contributed by atoms with Crippen molar-refractivity contribution >= 4 is 11.8 Å². The summed E-state index contributed by atoms with van der Waals surface area (Å²) in [6, 6.07) is -2.01. The quantitative estimate of drug-likeness (QED) is 0.638. The summed E-state index contributed by atoms with van der Waals surface area (Å²) in [4.78, 5) is 29.4. The van der Waals surface area contributed by atoms with Crippen LogP contribution in [-0.4, -0.2) is 68.2 Å². The molecule has 3 saturated heterocycles. The largest absolute Gasteiger partial charge is 0.387 e. The van der Waals surface area contributed by atoms with Crippen LogP contribution in [0.1, 0.15) is 12.8 Å². The van der Waals surface area contributed by atoms with Crippen molar-refractivity contribution in [2.24, 2.45) is 0 Å². The molecule has 0 aromatic heterocycles. The van der Waals surface area contributed by atoms with E-state index in [1.165, 1.54) is 0 Å². The first-order valence-corrected chi connectivity index (χ1v) is 8.33. The van der Waals surface area contributed by atoms with Gasteiger partial charge >= 0.3 is 0 Å². The Bertz CT molecular complexity index is 701. The summed E-state index contributed by atoms with van der Waals surface area (Å²) in [5.41, 5.74) is 1.86. The van der Waals surface area contributed by atoms with E-state index < -0.39 is 36.4 Å². The van der Waals surface area contributed by atoms with E-state index >= 15 is 0 Å². The van der Waals surface area contributed by atoms with E-state index in [0.717, 1.165) is 11.1 Å². The minimum Gasteiger partial charge on any atom is -0.387 e. The first-order valence-electron chi connectivity index (χ1n) is 8.33. The molecule has 2 N–H and O–H groups in total. The molecule has 0 saturated carbocycles. The van der Waals surface area contributed by atoms with Gasteiger partial charge in [-0.2, -0.15) is 0 Å². The van der Waals surface area contributed by atoms with Gasteiger partial charge in [0, 0.05) is 12.8 Å². The molecular formula is C18H18N2O4. The van der Waals surface area contributed by atoms with Crippen molar-refractivity contribution in [3.63, 3.8) is 0 Å². The molecule has 0 aromatic rings. The molecule has 3 aliphatic heterocycles. The summed E-state index contributed by atoms with van der Waals surface area (Å²) in [5, 5.41) is 20.6. The summed E-state index contributed by atoms with van der Waals surface area (Å²) >= 11 is 0. The van der Waals surface area contributed by atoms with Gasteiger partial charge in [0.15, 0.2) is 0 Å². The highest BCUT2D eigenvalue weighted by Crippen LogP contribution is 2.44. The van der Waals surface area contributed by atoms with Crippen LogP contribution >= 0.6 is 0 Å². The van der Waals surface area contributed by atoms with Gasteiger partial charge in [0.05, 0.1) is 24.3 Å². The van der Waals surface area contributed by atoms with Crippen LogP contribution in [0.5, 0.6) is 0 Å². The molecule has 0 aromatic carbocycles. The Morgan fingerprint density at radius 1 is 0.792 bits per heavy atom. The molecule has 2 amide bonds. The fraction of sp³-hybridized carbons (Fsp3) is 0.444. The lowest BCUT2D eigenvalue weighted by atomic mass is 9.95. The van der Waals surface area contributed by atoms with Crippen LogP contribution in [0.25, 0.3) is 0 Å². The molecule has 3 fully saturated rings. The molecule has 0 radical (unpaired) electrons. The van der Waals surface area contributed by atoms with Crippen molar-refractivity contribution in [1.82, 2.24) is 9.80 Å². The van der Waals surface area contributed by atoms with E-state index in [2.05, 4.69) is 0 Å². The van der Waals surface area contributed by atoms with E-state index in [-0.39, 0.29) is 11.8 Å². The van der Waals surface area contributed by atoms with Crippen LogP contribution in [0.3, 0.4) is 0 Å². The number of rotatable bonds is 0. The molecular weight excluding hydrogens is 308 g/mol. The van der Waals surface area contributed by atoms with E-state index in [4.69, 9.17) is 0 Å². The number of fused-ring (bicyclic) bond motifs is 6. The highest BCUT2D eigenvalue weighted by molar-refractivity contribution is 6.00. The Hall–Kier alpha value is -2.18. The zero-order valence-corrected chi connectivity index (χ0v) is 12.9. The Kier molecular flexibility index (Phi) is 2.76. The second-order valence-corrected chi connectivity index (χ2v) is 7.05. The van der Waals surface area contributed by atoms with Gasteiger partial charge in [-0.25, -0.2) is 0 Å². The fourth-order valence-corrected chi connectivity index (χ4v) is 4.87. The molecule has 3 heterocycles. The number of carbonyl (C=O) groups excluding carboxylic acids is 2. The smallest absolute Gasteiger partial charge is 0.247 e. The van der Waals surface area contributed by atoms with Gasteiger partial charge in [-0.1, -0.05) is 36.5 Å². The summed E-state index contributed by atoms with van der Waals surface area (Å²) in [7, 11) is 0. The number of piperazine rings is 1. The summed E-state index contributed by atoms with van der Waals surface area (Å²) < 4.78 is 0. The zero-order chi connectivity index (χ0) is 16.6. The first kappa shape index (κ1) is 14.2. The highest BCUT2D eigenvalue weighted by Gasteiger charge is 2.59. The van der Waals surface area contributed by atoms with Gasteiger partial charge in [0.2, 0.25) is 11.8 Å². The van der Waals surface area contributed by atoms with Crippen LogP contribution in [0.4, 0.5) is 0 Å². The second kappa shape index (κ2) is 4.68. The SMILES string of the molecule is O=C1[C@H]2CC3=CC=C[C@H](O)[C@H]3N2C(=O)[C@H]2CC3=CC=C[C@H](O)[C@H]3N12. The number of amides is 2. The molecule has 6 nitrogen and oxygen atoms in total. The predicted molar refractivity (Wildman–Crippen MR) is 84.5 cm³/mol. The zero-order valence-electron chi connectivity index (χ0n) is 12.9. The number of aliphatic hydroxyl groups is 2. The van der Waals surface area contributed by atoms with Crippen molar-refractivity contribution in [2.75, 3.05) is 0 Å². The van der Waals surface area contributed by atoms with Crippen molar-refractivity contribution < 1.29 is 19.8 Å². The van der Waals surface area contributed by atoms with Gasteiger partial charge in [-0.15, -0.1) is 0 Å². The molecule has 5 rings (SSSR count). The summed E-state index contributed by atoms with van der Waals surface area (Å²) in [5.74, 6) is -0.241. The average molecular weight is 326 g/mol. The van der Waals surface area contributed by atoms with Gasteiger partial charge in [0.1, 0.15) is 12.1 Å². The normalized spacial score (nSPS) is 42.4. The topological polar surface area (TPSA) is 81.1 Å². The number of aliphatic hydroxyl groups excluding tert-OH is 2. The fourth-order valence-electron chi connectivity index (χ4n) is 4.87. The van der Waals surface area contributed by atoms with Gasteiger partial charge < -0.3 is 20.0 Å². The molecule has 2 aliphatic carbocycles. The third kappa shape index (κ3) is 1.62. The number of carbonyl (C=O) groups is 2. The van der Waals surface area contributed by atoms with Gasteiger partial charge in [-0.3, -0.25) is 9.59 Å². The van der Waals surface area contributed by atoms with Crippen molar-refractivity contribution in [1.29, 1.82) is 0 Å². The first-order chi connectivity index (χ1) is 11.6. The highest BCUT2D eigenvalue weighted by atomic mass is 16.3. The third-order valence-corrected chi connectivity index (χ3v) is 5.85. The van der Waals surface area contributed by atoms with Crippen LogP contribution in [0.15, 0.2) is 47.6 Å². The van der Waals surface area contributed by atoms with Crippen LogP contribution in [-0.2, 0) is 9.59 Å². The Balaban J connectivity index is 1.56. The van der Waals surface area contributed by atoms with Crippen LogP contribution in [0.2, 0.25) is 0 Å². The third-order valence-electron chi connectivity index (χ3n) is 5.85. The average Bonchev–Trinajstić information content (AvgIpc) is 3.13. The molecule has 0 spiro atoms. The number of allylic oxidation sites excluding steroid dienone is 4. The lowest BCUT2D eigenvalue weighted by molar-refractivity contribution is -0.163. The van der Waals surface area contributed by atoms with E-state index in [1.807, 2.05) is 12.2 Å². The maximum Gasteiger partial charge on any atom is 0.247 e. The van der Waals surface area contributed by atoms with E-state index in [9.17, 15) is 19.8 Å². The predicted octanol–water partition coefficient (Wildman–Crippen LogP) is -0.347. The maximum absolute atomic E-state index is 13.1. The van der Waals surface area contributed by atoms with Gasteiger partial charge in [-0.05, 0) is 11.1 Å². The molecule has 0 unspecified atom stereocenters. The number of nitrogens with zero attached hydrogens (tertiary/aromatic N) is 2. The minimum atomic E-state index is -0.770. The molecule has 6 heteroatoms. The lowest BCUT2D eigenvalue weighted by Crippen LogP contribution is -2.65. The molecule has 5 aliphatic rings. The maximum atomic E-state index is 13.1. The molecule has 6 atom stereocenters.